The molecule has 0 fully saturated rings. The molecule has 31 heavy (non-hydrogen) atoms. The van der Waals surface area contributed by atoms with Gasteiger partial charge in [0.05, 0.1) is 11.4 Å². The fourth-order valence-electron chi connectivity index (χ4n) is 2.87. The SMILES string of the molecule is CC(=O)N(c1nc(C=CC(=O)NCc2cccnc2N(C)C)cs1)c1ccccc1F. The van der Waals surface area contributed by atoms with E-state index >= 15 is 0 Å². The van der Waals surface area contributed by atoms with Crippen molar-refractivity contribution in [1.82, 2.24) is 15.3 Å². The van der Waals surface area contributed by atoms with Crippen LogP contribution in [0, 0.1) is 5.82 Å². The van der Waals surface area contributed by atoms with Gasteiger partial charge in [0.15, 0.2) is 5.13 Å². The van der Waals surface area contributed by atoms with Crippen LogP contribution in [-0.4, -0.2) is 35.9 Å². The number of pyridine rings is 1. The highest BCUT2D eigenvalue weighted by atomic mass is 32.1. The summed E-state index contributed by atoms with van der Waals surface area (Å²) in [7, 11) is 3.78. The summed E-state index contributed by atoms with van der Waals surface area (Å²) in [5.74, 6) is -0.383. The third kappa shape index (κ3) is 5.52. The van der Waals surface area contributed by atoms with E-state index in [-0.39, 0.29) is 17.5 Å². The summed E-state index contributed by atoms with van der Waals surface area (Å²) >= 11 is 1.19. The molecule has 1 aromatic carbocycles. The standard InChI is InChI=1S/C22H22FN5O2S/c1-15(29)28(19-9-5-4-8-18(19)23)22-26-17(14-31-22)10-11-20(30)25-13-16-7-6-12-24-21(16)27(2)3/h4-12,14H,13H2,1-3H3,(H,25,30). The average Bonchev–Trinajstić information content (AvgIpc) is 3.20. The summed E-state index contributed by atoms with van der Waals surface area (Å²) in [6, 6.07) is 9.72. The molecule has 1 N–H and O–H groups in total. The minimum absolute atomic E-state index is 0.130. The Morgan fingerprint density at radius 1 is 1.19 bits per heavy atom. The Labute approximate surface area is 183 Å². The van der Waals surface area contributed by atoms with Gasteiger partial charge in [0.25, 0.3) is 0 Å². The van der Waals surface area contributed by atoms with Crippen molar-refractivity contribution in [2.45, 2.75) is 13.5 Å². The van der Waals surface area contributed by atoms with Gasteiger partial charge in [-0.2, -0.15) is 0 Å². The molecular formula is C22H22FN5O2S. The van der Waals surface area contributed by atoms with Crippen LogP contribution in [0.4, 0.5) is 21.0 Å². The lowest BCUT2D eigenvalue weighted by atomic mass is 10.2. The van der Waals surface area contributed by atoms with Crippen LogP contribution in [0.15, 0.2) is 54.1 Å². The number of nitrogens with zero attached hydrogens (tertiary/aromatic N) is 4. The summed E-state index contributed by atoms with van der Waals surface area (Å²) in [5, 5.41) is 4.83. The first kappa shape index (κ1) is 22.1. The molecule has 2 amide bonds. The van der Waals surface area contributed by atoms with E-state index in [1.54, 1.807) is 29.8 Å². The third-order valence-electron chi connectivity index (χ3n) is 4.26. The number of halogens is 1. The molecule has 0 saturated heterocycles. The van der Waals surface area contributed by atoms with Crippen LogP contribution in [0.3, 0.4) is 0 Å². The molecule has 2 heterocycles. The van der Waals surface area contributed by atoms with Gasteiger partial charge in [0, 0.05) is 50.8 Å². The number of amides is 2. The molecule has 0 bridgehead atoms. The molecule has 0 aliphatic heterocycles. The monoisotopic (exact) mass is 439 g/mol. The first-order chi connectivity index (χ1) is 14.9. The van der Waals surface area contributed by atoms with Gasteiger partial charge >= 0.3 is 0 Å². The molecule has 0 spiro atoms. The molecule has 160 valence electrons. The van der Waals surface area contributed by atoms with E-state index in [0.717, 1.165) is 11.4 Å². The van der Waals surface area contributed by atoms with Crippen LogP contribution in [0.2, 0.25) is 0 Å². The highest BCUT2D eigenvalue weighted by Crippen LogP contribution is 2.30. The zero-order valence-electron chi connectivity index (χ0n) is 17.4. The quantitative estimate of drug-likeness (QED) is 0.567. The molecule has 3 rings (SSSR count). The van der Waals surface area contributed by atoms with Gasteiger partial charge in [-0.3, -0.25) is 14.5 Å². The second kappa shape index (κ2) is 9.94. The van der Waals surface area contributed by atoms with Crippen molar-refractivity contribution in [3.05, 3.63) is 71.1 Å². The van der Waals surface area contributed by atoms with Gasteiger partial charge in [-0.15, -0.1) is 11.3 Å². The molecule has 0 unspecified atom stereocenters. The molecular weight excluding hydrogens is 417 g/mol. The predicted molar refractivity (Wildman–Crippen MR) is 121 cm³/mol. The topological polar surface area (TPSA) is 78.4 Å². The normalized spacial score (nSPS) is 10.8. The Bertz CT molecular complexity index is 1110. The Morgan fingerprint density at radius 2 is 1.97 bits per heavy atom. The van der Waals surface area contributed by atoms with E-state index in [2.05, 4.69) is 15.3 Å². The van der Waals surface area contributed by atoms with Gasteiger partial charge in [-0.05, 0) is 24.3 Å². The van der Waals surface area contributed by atoms with E-state index in [1.165, 1.54) is 41.4 Å². The summed E-state index contributed by atoms with van der Waals surface area (Å²) in [5.41, 5.74) is 1.52. The number of nitrogens with one attached hydrogen (secondary N) is 1. The first-order valence-electron chi connectivity index (χ1n) is 9.44. The maximum absolute atomic E-state index is 14.2. The Morgan fingerprint density at radius 3 is 2.68 bits per heavy atom. The number of benzene rings is 1. The Kier molecular flexibility index (Phi) is 7.09. The maximum atomic E-state index is 14.2. The maximum Gasteiger partial charge on any atom is 0.244 e. The van der Waals surface area contributed by atoms with Crippen molar-refractivity contribution in [3.8, 4) is 0 Å². The van der Waals surface area contributed by atoms with Crippen LogP contribution in [0.5, 0.6) is 0 Å². The lowest BCUT2D eigenvalue weighted by molar-refractivity contribution is -0.117. The van der Waals surface area contributed by atoms with Crippen LogP contribution in [-0.2, 0) is 16.1 Å². The van der Waals surface area contributed by atoms with Crippen LogP contribution in [0.1, 0.15) is 18.2 Å². The fourth-order valence-corrected chi connectivity index (χ4v) is 3.72. The third-order valence-corrected chi connectivity index (χ3v) is 5.10. The van der Waals surface area contributed by atoms with Crippen LogP contribution >= 0.6 is 11.3 Å². The number of carbonyl (C=O) groups excluding carboxylic acids is 2. The molecule has 0 atom stereocenters. The van der Waals surface area contributed by atoms with Crippen molar-refractivity contribution >= 4 is 45.9 Å². The van der Waals surface area contributed by atoms with Crippen molar-refractivity contribution < 1.29 is 14.0 Å². The van der Waals surface area contributed by atoms with E-state index in [9.17, 15) is 14.0 Å². The van der Waals surface area contributed by atoms with Gasteiger partial charge in [0.2, 0.25) is 11.8 Å². The zero-order chi connectivity index (χ0) is 22.4. The van der Waals surface area contributed by atoms with Crippen molar-refractivity contribution in [2.75, 3.05) is 23.9 Å². The predicted octanol–water partition coefficient (Wildman–Crippen LogP) is 3.76. The number of hydrogen-bond acceptors (Lipinski definition) is 6. The molecule has 0 aliphatic carbocycles. The number of anilines is 3. The average molecular weight is 440 g/mol. The summed E-state index contributed by atoms with van der Waals surface area (Å²) in [6.45, 7) is 1.68. The molecule has 3 aromatic rings. The molecule has 2 aromatic heterocycles. The van der Waals surface area contributed by atoms with E-state index < -0.39 is 5.82 Å². The Hall–Kier alpha value is -3.59. The van der Waals surface area contributed by atoms with Crippen molar-refractivity contribution in [1.29, 1.82) is 0 Å². The largest absolute Gasteiger partial charge is 0.362 e. The lowest BCUT2D eigenvalue weighted by Gasteiger charge is -2.18. The van der Waals surface area contributed by atoms with Gasteiger partial charge < -0.3 is 10.2 Å². The minimum Gasteiger partial charge on any atom is -0.362 e. The van der Waals surface area contributed by atoms with Gasteiger partial charge in [0.1, 0.15) is 11.6 Å². The molecule has 0 aliphatic rings. The number of carbonyl (C=O) groups is 2. The minimum atomic E-state index is -0.517. The smallest absolute Gasteiger partial charge is 0.244 e. The second-order valence-corrected chi connectivity index (χ2v) is 7.63. The number of thiazole rings is 1. The van der Waals surface area contributed by atoms with Crippen LogP contribution in [0.25, 0.3) is 6.08 Å². The van der Waals surface area contributed by atoms with Crippen LogP contribution < -0.4 is 15.1 Å². The van der Waals surface area contributed by atoms with Crippen molar-refractivity contribution in [3.63, 3.8) is 0 Å². The number of rotatable bonds is 7. The lowest BCUT2D eigenvalue weighted by Crippen LogP contribution is -2.23. The number of aromatic nitrogens is 2. The van der Waals surface area contributed by atoms with Gasteiger partial charge in [-0.1, -0.05) is 18.2 Å². The first-order valence-corrected chi connectivity index (χ1v) is 10.3. The fraction of sp³-hybridized carbons (Fsp3) is 0.182. The highest BCUT2D eigenvalue weighted by Gasteiger charge is 2.20. The molecule has 0 saturated carbocycles. The number of hydrogen-bond donors (Lipinski definition) is 1. The van der Waals surface area contributed by atoms with E-state index in [1.807, 2.05) is 31.1 Å². The van der Waals surface area contributed by atoms with E-state index in [0.29, 0.717) is 17.4 Å². The number of para-hydroxylation sites is 1. The summed E-state index contributed by atoms with van der Waals surface area (Å²) in [6.07, 6.45) is 4.61. The van der Waals surface area contributed by atoms with Crippen molar-refractivity contribution in [2.24, 2.45) is 0 Å². The zero-order valence-corrected chi connectivity index (χ0v) is 18.2. The molecule has 9 heteroatoms. The summed E-state index contributed by atoms with van der Waals surface area (Å²) < 4.78 is 14.2. The van der Waals surface area contributed by atoms with E-state index in [4.69, 9.17) is 0 Å². The summed E-state index contributed by atoms with van der Waals surface area (Å²) in [4.78, 5) is 36.1. The molecule has 7 nitrogen and oxygen atoms in total. The Balaban J connectivity index is 1.68. The van der Waals surface area contributed by atoms with Gasteiger partial charge in [-0.25, -0.2) is 14.4 Å². The highest BCUT2D eigenvalue weighted by molar-refractivity contribution is 7.14. The molecule has 0 radical (unpaired) electrons. The second-order valence-electron chi connectivity index (χ2n) is 6.79.